The second kappa shape index (κ2) is 7.59. The highest BCUT2D eigenvalue weighted by molar-refractivity contribution is 5.75. The first-order valence-electron chi connectivity index (χ1n) is 7.26. The molecular weight excluding hydrogens is 264 g/mol. The fourth-order valence-corrected chi connectivity index (χ4v) is 2.05. The van der Waals surface area contributed by atoms with Gasteiger partial charge in [-0.3, -0.25) is 4.79 Å². The van der Waals surface area contributed by atoms with Crippen LogP contribution in [0.3, 0.4) is 0 Å². The van der Waals surface area contributed by atoms with E-state index in [1.54, 1.807) is 10.9 Å². The van der Waals surface area contributed by atoms with E-state index < -0.39 is 0 Å². The van der Waals surface area contributed by atoms with Crippen molar-refractivity contribution in [3.8, 4) is 5.69 Å². The van der Waals surface area contributed by atoms with E-state index in [-0.39, 0.29) is 11.9 Å². The molecule has 5 nitrogen and oxygen atoms in total. The van der Waals surface area contributed by atoms with E-state index in [9.17, 15) is 4.79 Å². The summed E-state index contributed by atoms with van der Waals surface area (Å²) in [4.78, 5) is 11.7. The molecule has 5 heteroatoms. The molecule has 112 valence electrons. The maximum Gasteiger partial charge on any atom is 0.220 e. The maximum atomic E-state index is 11.7. The van der Waals surface area contributed by atoms with Crippen LogP contribution in [-0.2, 0) is 11.3 Å². The van der Waals surface area contributed by atoms with Gasteiger partial charge >= 0.3 is 0 Å². The third kappa shape index (κ3) is 5.04. The third-order valence-corrected chi connectivity index (χ3v) is 3.21. The lowest BCUT2D eigenvalue weighted by molar-refractivity contribution is -0.121. The number of nitrogens with zero attached hydrogens (tertiary/aromatic N) is 2. The number of aromatic nitrogens is 2. The molecular formula is C16H22N4O. The van der Waals surface area contributed by atoms with Crippen molar-refractivity contribution in [2.75, 3.05) is 0 Å². The maximum absolute atomic E-state index is 11.7. The van der Waals surface area contributed by atoms with E-state index in [1.807, 2.05) is 43.5 Å². The predicted molar refractivity (Wildman–Crippen MR) is 82.9 cm³/mol. The van der Waals surface area contributed by atoms with Crippen LogP contribution in [0.4, 0.5) is 0 Å². The van der Waals surface area contributed by atoms with Gasteiger partial charge in [0.25, 0.3) is 0 Å². The number of hydrogen-bond donors (Lipinski definition) is 2. The van der Waals surface area contributed by atoms with E-state index in [2.05, 4.69) is 10.4 Å². The highest BCUT2D eigenvalue weighted by Crippen LogP contribution is 2.07. The highest BCUT2D eigenvalue weighted by atomic mass is 16.1. The molecule has 0 aliphatic carbocycles. The standard InChI is InChI=1S/C16H22N4O/c1-13(17)6-5-9-16(21)18-10-14-11-19-20(12-14)15-7-3-2-4-8-15/h2-4,7-8,11-13H,5-6,9-10,17H2,1H3,(H,18,21). The monoisotopic (exact) mass is 286 g/mol. The molecule has 0 saturated carbocycles. The lowest BCUT2D eigenvalue weighted by atomic mass is 10.1. The van der Waals surface area contributed by atoms with Gasteiger partial charge in [-0.2, -0.15) is 5.10 Å². The fraction of sp³-hybridized carbons (Fsp3) is 0.375. The molecule has 0 radical (unpaired) electrons. The summed E-state index contributed by atoms with van der Waals surface area (Å²) in [5.41, 5.74) is 7.65. The third-order valence-electron chi connectivity index (χ3n) is 3.21. The van der Waals surface area contributed by atoms with Gasteiger partial charge in [-0.05, 0) is 31.9 Å². The van der Waals surface area contributed by atoms with Crippen LogP contribution in [0.2, 0.25) is 0 Å². The number of rotatable bonds is 7. The normalized spacial score (nSPS) is 12.1. The average Bonchev–Trinajstić information content (AvgIpc) is 2.94. The molecule has 0 bridgehead atoms. The second-order valence-corrected chi connectivity index (χ2v) is 5.27. The summed E-state index contributed by atoms with van der Waals surface area (Å²) in [5.74, 6) is 0.0584. The molecule has 1 amide bonds. The van der Waals surface area contributed by atoms with Crippen LogP contribution in [0.1, 0.15) is 31.7 Å². The minimum absolute atomic E-state index is 0.0584. The van der Waals surface area contributed by atoms with Crippen molar-refractivity contribution in [1.82, 2.24) is 15.1 Å². The Kier molecular flexibility index (Phi) is 5.51. The molecule has 1 atom stereocenters. The molecule has 1 aromatic carbocycles. The summed E-state index contributed by atoms with van der Waals surface area (Å²) in [5, 5.41) is 7.20. The van der Waals surface area contributed by atoms with Gasteiger partial charge in [0.1, 0.15) is 0 Å². The molecule has 1 aromatic heterocycles. The molecule has 0 fully saturated rings. The zero-order valence-corrected chi connectivity index (χ0v) is 12.3. The SMILES string of the molecule is CC(N)CCCC(=O)NCc1cnn(-c2ccccc2)c1. The highest BCUT2D eigenvalue weighted by Gasteiger charge is 2.04. The van der Waals surface area contributed by atoms with E-state index in [0.29, 0.717) is 13.0 Å². The zero-order chi connectivity index (χ0) is 15.1. The Bertz CT molecular complexity index is 563. The molecule has 2 aromatic rings. The summed E-state index contributed by atoms with van der Waals surface area (Å²) in [6.45, 7) is 2.46. The van der Waals surface area contributed by atoms with Crippen molar-refractivity contribution < 1.29 is 4.79 Å². The first-order valence-corrected chi connectivity index (χ1v) is 7.26. The van der Waals surface area contributed by atoms with Gasteiger partial charge in [0.15, 0.2) is 0 Å². The van der Waals surface area contributed by atoms with Crippen molar-refractivity contribution in [3.05, 3.63) is 48.3 Å². The molecule has 1 heterocycles. The number of benzene rings is 1. The van der Waals surface area contributed by atoms with Crippen LogP contribution in [0.25, 0.3) is 5.69 Å². The van der Waals surface area contributed by atoms with Gasteiger partial charge in [-0.1, -0.05) is 18.2 Å². The summed E-state index contributed by atoms with van der Waals surface area (Å²) < 4.78 is 1.80. The minimum Gasteiger partial charge on any atom is -0.352 e. The number of nitrogens with one attached hydrogen (secondary N) is 1. The van der Waals surface area contributed by atoms with Crippen molar-refractivity contribution in [3.63, 3.8) is 0 Å². The van der Waals surface area contributed by atoms with Gasteiger partial charge in [0.05, 0.1) is 11.9 Å². The lowest BCUT2D eigenvalue weighted by Crippen LogP contribution is -2.23. The minimum atomic E-state index is 0.0584. The summed E-state index contributed by atoms with van der Waals surface area (Å²) in [7, 11) is 0. The van der Waals surface area contributed by atoms with Crippen LogP contribution in [0.15, 0.2) is 42.7 Å². The molecule has 0 saturated heterocycles. The number of nitrogens with two attached hydrogens (primary N) is 1. The van der Waals surface area contributed by atoms with Crippen LogP contribution in [0.5, 0.6) is 0 Å². The van der Waals surface area contributed by atoms with Gasteiger partial charge in [0.2, 0.25) is 5.91 Å². The van der Waals surface area contributed by atoms with Crippen LogP contribution >= 0.6 is 0 Å². The fourth-order valence-electron chi connectivity index (χ4n) is 2.05. The number of para-hydroxylation sites is 1. The van der Waals surface area contributed by atoms with E-state index >= 15 is 0 Å². The Hall–Kier alpha value is -2.14. The van der Waals surface area contributed by atoms with Crippen molar-refractivity contribution in [1.29, 1.82) is 0 Å². The molecule has 3 N–H and O–H groups in total. The molecule has 21 heavy (non-hydrogen) atoms. The summed E-state index contributed by atoms with van der Waals surface area (Å²) in [6.07, 6.45) is 5.92. The van der Waals surface area contributed by atoms with E-state index in [4.69, 9.17) is 5.73 Å². The first kappa shape index (κ1) is 15.3. The van der Waals surface area contributed by atoms with Crippen molar-refractivity contribution >= 4 is 5.91 Å². The topological polar surface area (TPSA) is 72.9 Å². The van der Waals surface area contributed by atoms with Crippen LogP contribution < -0.4 is 11.1 Å². The van der Waals surface area contributed by atoms with Gasteiger partial charge < -0.3 is 11.1 Å². The average molecular weight is 286 g/mol. The van der Waals surface area contributed by atoms with E-state index in [1.165, 1.54) is 0 Å². The lowest BCUT2D eigenvalue weighted by Gasteiger charge is -2.05. The van der Waals surface area contributed by atoms with Gasteiger partial charge in [0, 0.05) is 30.8 Å². The Morgan fingerprint density at radius 2 is 2.14 bits per heavy atom. The molecule has 2 rings (SSSR count). The van der Waals surface area contributed by atoms with Crippen LogP contribution in [-0.4, -0.2) is 21.7 Å². The zero-order valence-electron chi connectivity index (χ0n) is 12.3. The molecule has 1 unspecified atom stereocenters. The van der Waals surface area contributed by atoms with E-state index in [0.717, 1.165) is 24.1 Å². The molecule has 0 aliphatic heterocycles. The summed E-state index contributed by atoms with van der Waals surface area (Å²) >= 11 is 0. The predicted octanol–water partition coefficient (Wildman–Crippen LogP) is 2.01. The van der Waals surface area contributed by atoms with Crippen LogP contribution in [0, 0.1) is 0 Å². The van der Waals surface area contributed by atoms with Gasteiger partial charge in [-0.15, -0.1) is 0 Å². The molecule has 0 spiro atoms. The van der Waals surface area contributed by atoms with Gasteiger partial charge in [-0.25, -0.2) is 4.68 Å². The smallest absolute Gasteiger partial charge is 0.220 e. The Balaban J connectivity index is 1.79. The number of carbonyl (C=O) groups excluding carboxylic acids is 1. The number of amides is 1. The summed E-state index contributed by atoms with van der Waals surface area (Å²) in [6, 6.07) is 10.0. The first-order chi connectivity index (χ1) is 10.1. The second-order valence-electron chi connectivity index (χ2n) is 5.27. The Morgan fingerprint density at radius 1 is 1.38 bits per heavy atom. The van der Waals surface area contributed by atoms with Crippen molar-refractivity contribution in [2.45, 2.75) is 38.8 Å². The van der Waals surface area contributed by atoms with Crippen molar-refractivity contribution in [2.24, 2.45) is 5.73 Å². The Labute approximate surface area is 125 Å². The molecule has 0 aliphatic rings. The number of carbonyl (C=O) groups is 1. The quantitative estimate of drug-likeness (QED) is 0.817. The Morgan fingerprint density at radius 3 is 2.86 bits per heavy atom. The largest absolute Gasteiger partial charge is 0.352 e. The number of hydrogen-bond acceptors (Lipinski definition) is 3.